The minimum absolute atomic E-state index is 0.143. The molecule has 2 aliphatic rings. The molecule has 1 atom stereocenters. The smallest absolute Gasteiger partial charge is 0.115 e. The molecule has 0 saturated carbocycles. The highest BCUT2D eigenvalue weighted by Gasteiger charge is 2.47. The zero-order valence-corrected chi connectivity index (χ0v) is 17.4. The molecule has 3 heterocycles. The van der Waals surface area contributed by atoms with Gasteiger partial charge in [-0.25, -0.2) is 9.97 Å². The summed E-state index contributed by atoms with van der Waals surface area (Å²) in [5, 5.41) is 1.27. The van der Waals surface area contributed by atoms with Crippen molar-refractivity contribution in [3.05, 3.63) is 93.5 Å². The first kappa shape index (κ1) is 19.0. The quantitative estimate of drug-likeness (QED) is 0.563. The second-order valence-corrected chi connectivity index (χ2v) is 8.63. The van der Waals surface area contributed by atoms with Gasteiger partial charge in [0.05, 0.1) is 11.3 Å². The van der Waals surface area contributed by atoms with Crippen molar-refractivity contribution in [3.63, 3.8) is 0 Å². The summed E-state index contributed by atoms with van der Waals surface area (Å²) in [6, 6.07) is 16.2. The van der Waals surface area contributed by atoms with E-state index in [4.69, 9.17) is 27.9 Å². The summed E-state index contributed by atoms with van der Waals surface area (Å²) in [6.07, 6.45) is 5.15. The topological polar surface area (TPSA) is 38.2 Å². The molecule has 1 fully saturated rings. The fourth-order valence-electron chi connectivity index (χ4n) is 4.57. The summed E-state index contributed by atoms with van der Waals surface area (Å²) in [5.74, 6) is 0. The molecule has 0 aliphatic carbocycles. The predicted octanol–water partition coefficient (Wildman–Crippen LogP) is 5.39. The Hall–Kier alpha value is -1.98. The van der Waals surface area contributed by atoms with Gasteiger partial charge in [-0.2, -0.15) is 0 Å². The van der Waals surface area contributed by atoms with Gasteiger partial charge >= 0.3 is 0 Å². The number of halogens is 2. The fourth-order valence-corrected chi connectivity index (χ4v) is 5.11. The van der Waals surface area contributed by atoms with Crippen LogP contribution >= 0.6 is 23.2 Å². The standard InChI is InChI=1S/C23H21Cl2N3O/c24-17-11-16(12-18(25)13-17)22-20-3-1-2-4-21(20)23(29-22)6-9-28(10-7-23)14-19-5-8-26-15-27-19/h1-5,8,11-13,15,22H,6-7,9-10,14H2. The van der Waals surface area contributed by atoms with Crippen LogP contribution in [-0.4, -0.2) is 28.0 Å². The number of likely N-dealkylation sites (tertiary alicyclic amines) is 1. The Labute approximate surface area is 180 Å². The van der Waals surface area contributed by atoms with Crippen molar-refractivity contribution >= 4 is 23.2 Å². The van der Waals surface area contributed by atoms with Gasteiger partial charge in [-0.1, -0.05) is 47.5 Å². The zero-order valence-electron chi connectivity index (χ0n) is 15.9. The molecule has 4 nitrogen and oxygen atoms in total. The van der Waals surface area contributed by atoms with Crippen molar-refractivity contribution in [2.45, 2.75) is 31.1 Å². The Balaban J connectivity index is 1.40. The van der Waals surface area contributed by atoms with E-state index >= 15 is 0 Å². The lowest BCUT2D eigenvalue weighted by Gasteiger charge is -2.39. The molecule has 1 saturated heterocycles. The van der Waals surface area contributed by atoms with Crippen LogP contribution in [0.1, 0.15) is 41.3 Å². The second kappa shape index (κ2) is 7.69. The van der Waals surface area contributed by atoms with Crippen LogP contribution in [0.15, 0.2) is 61.1 Å². The van der Waals surface area contributed by atoms with E-state index in [2.05, 4.69) is 39.1 Å². The van der Waals surface area contributed by atoms with Crippen molar-refractivity contribution < 1.29 is 4.74 Å². The normalized spacial score (nSPS) is 20.7. The SMILES string of the molecule is Clc1cc(Cl)cc(C2OC3(CCN(Cc4ccncn4)CC3)c3ccccc32)c1. The van der Waals surface area contributed by atoms with Crippen molar-refractivity contribution in [2.24, 2.45) is 0 Å². The van der Waals surface area contributed by atoms with Gasteiger partial charge in [-0.05, 0) is 53.8 Å². The number of fused-ring (bicyclic) bond motifs is 2. The molecule has 0 radical (unpaired) electrons. The molecule has 2 aromatic carbocycles. The summed E-state index contributed by atoms with van der Waals surface area (Å²) in [7, 11) is 0. The number of benzene rings is 2. The van der Waals surface area contributed by atoms with Crippen LogP contribution in [0, 0.1) is 0 Å². The van der Waals surface area contributed by atoms with Crippen LogP contribution in [0.3, 0.4) is 0 Å². The summed E-state index contributed by atoms with van der Waals surface area (Å²) >= 11 is 12.5. The molecule has 6 heteroatoms. The average molecular weight is 426 g/mol. The monoisotopic (exact) mass is 425 g/mol. The van der Waals surface area contributed by atoms with Crippen LogP contribution in [0.4, 0.5) is 0 Å². The first-order valence-corrected chi connectivity index (χ1v) is 10.6. The summed E-state index contributed by atoms with van der Waals surface area (Å²) < 4.78 is 6.79. The average Bonchev–Trinajstić information content (AvgIpc) is 3.05. The molecular formula is C23H21Cl2N3O. The lowest BCUT2D eigenvalue weighted by Crippen LogP contribution is -2.42. The van der Waals surface area contributed by atoms with Crippen LogP contribution in [0.2, 0.25) is 10.0 Å². The Morgan fingerprint density at radius 3 is 2.52 bits per heavy atom. The molecule has 0 bridgehead atoms. The molecule has 2 aliphatic heterocycles. The minimum atomic E-state index is -0.266. The van der Waals surface area contributed by atoms with Crippen molar-refractivity contribution in [1.29, 1.82) is 0 Å². The predicted molar refractivity (Wildman–Crippen MR) is 114 cm³/mol. The molecule has 0 amide bonds. The van der Waals surface area contributed by atoms with Crippen LogP contribution < -0.4 is 0 Å². The number of nitrogens with zero attached hydrogens (tertiary/aromatic N) is 3. The van der Waals surface area contributed by atoms with E-state index in [0.29, 0.717) is 10.0 Å². The summed E-state index contributed by atoms with van der Waals surface area (Å²) in [4.78, 5) is 10.8. The fraction of sp³-hybridized carbons (Fsp3) is 0.304. The molecule has 1 spiro atoms. The van der Waals surface area contributed by atoms with Gasteiger partial charge in [0.1, 0.15) is 12.4 Å². The van der Waals surface area contributed by atoms with Gasteiger partial charge in [0.15, 0.2) is 0 Å². The summed E-state index contributed by atoms with van der Waals surface area (Å²) in [6.45, 7) is 2.76. The van der Waals surface area contributed by atoms with Gasteiger partial charge in [-0.3, -0.25) is 4.90 Å². The van der Waals surface area contributed by atoms with Gasteiger partial charge < -0.3 is 4.74 Å². The van der Waals surface area contributed by atoms with Crippen LogP contribution in [-0.2, 0) is 16.9 Å². The highest BCUT2D eigenvalue weighted by Crippen LogP contribution is 2.51. The van der Waals surface area contributed by atoms with E-state index in [9.17, 15) is 0 Å². The Morgan fingerprint density at radius 2 is 1.79 bits per heavy atom. The van der Waals surface area contributed by atoms with Gasteiger partial charge in [0, 0.05) is 35.9 Å². The maximum absolute atomic E-state index is 6.79. The first-order chi connectivity index (χ1) is 14.1. The maximum atomic E-state index is 6.79. The van der Waals surface area contributed by atoms with E-state index in [-0.39, 0.29) is 11.7 Å². The Morgan fingerprint density at radius 1 is 1.03 bits per heavy atom. The molecule has 29 heavy (non-hydrogen) atoms. The number of rotatable bonds is 3. The highest BCUT2D eigenvalue weighted by atomic mass is 35.5. The molecule has 148 valence electrons. The molecule has 0 N–H and O–H groups in total. The molecule has 1 aromatic heterocycles. The number of piperidine rings is 1. The molecule has 1 unspecified atom stereocenters. The van der Waals surface area contributed by atoms with E-state index in [0.717, 1.165) is 43.7 Å². The first-order valence-electron chi connectivity index (χ1n) is 9.83. The summed E-state index contributed by atoms with van der Waals surface area (Å²) in [5.41, 5.74) is 4.31. The zero-order chi connectivity index (χ0) is 19.8. The van der Waals surface area contributed by atoms with E-state index in [1.165, 1.54) is 11.1 Å². The van der Waals surface area contributed by atoms with Gasteiger partial charge in [-0.15, -0.1) is 0 Å². The third-order valence-corrected chi connectivity index (χ3v) is 6.39. The number of ether oxygens (including phenoxy) is 1. The van der Waals surface area contributed by atoms with E-state index in [1.54, 1.807) is 18.6 Å². The number of aromatic nitrogens is 2. The highest BCUT2D eigenvalue weighted by molar-refractivity contribution is 6.34. The van der Waals surface area contributed by atoms with Gasteiger partial charge in [0.25, 0.3) is 0 Å². The van der Waals surface area contributed by atoms with Crippen LogP contribution in [0.25, 0.3) is 0 Å². The minimum Gasteiger partial charge on any atom is -0.358 e. The molecular weight excluding hydrogens is 405 g/mol. The van der Waals surface area contributed by atoms with Crippen molar-refractivity contribution in [1.82, 2.24) is 14.9 Å². The van der Waals surface area contributed by atoms with Gasteiger partial charge in [0.2, 0.25) is 0 Å². The third kappa shape index (κ3) is 3.66. The third-order valence-electron chi connectivity index (χ3n) is 5.96. The Bertz CT molecular complexity index is 999. The number of hydrogen-bond acceptors (Lipinski definition) is 4. The second-order valence-electron chi connectivity index (χ2n) is 7.76. The maximum Gasteiger partial charge on any atom is 0.115 e. The lowest BCUT2D eigenvalue weighted by atomic mass is 9.83. The van der Waals surface area contributed by atoms with E-state index < -0.39 is 0 Å². The number of hydrogen-bond donors (Lipinski definition) is 0. The molecule has 5 rings (SSSR count). The Kier molecular flexibility index (Phi) is 5.04. The van der Waals surface area contributed by atoms with Crippen LogP contribution in [0.5, 0.6) is 0 Å². The van der Waals surface area contributed by atoms with E-state index in [1.807, 2.05) is 18.2 Å². The molecule has 3 aromatic rings. The van der Waals surface area contributed by atoms with Crippen molar-refractivity contribution in [2.75, 3.05) is 13.1 Å². The lowest BCUT2D eigenvalue weighted by molar-refractivity contribution is -0.0979. The van der Waals surface area contributed by atoms with Crippen molar-refractivity contribution in [3.8, 4) is 0 Å². The largest absolute Gasteiger partial charge is 0.358 e.